The SMILES string of the molecule is CCCOC(=O)CC(NC(=O)CO)C(=O)OCC. The molecule has 0 radical (unpaired) electrons. The second-order valence-corrected chi connectivity index (χ2v) is 3.45. The predicted molar refractivity (Wildman–Crippen MR) is 61.5 cm³/mol. The standard InChI is InChI=1S/C11H19NO6/c1-3-5-18-10(15)6-8(11(16)17-4-2)12-9(14)7-13/h8,13H,3-7H2,1-2H3,(H,12,14). The number of ether oxygens (including phenoxy) is 2. The van der Waals surface area contributed by atoms with Gasteiger partial charge in [0.15, 0.2) is 0 Å². The zero-order valence-electron chi connectivity index (χ0n) is 10.6. The Bertz CT molecular complexity index is 291. The van der Waals surface area contributed by atoms with Crippen molar-refractivity contribution in [3.63, 3.8) is 0 Å². The number of rotatable bonds is 8. The van der Waals surface area contributed by atoms with Gasteiger partial charge in [0, 0.05) is 0 Å². The lowest BCUT2D eigenvalue weighted by molar-refractivity contribution is -0.153. The first kappa shape index (κ1) is 16.4. The predicted octanol–water partition coefficient (Wildman–Crippen LogP) is -0.630. The average molecular weight is 261 g/mol. The summed E-state index contributed by atoms with van der Waals surface area (Å²) in [6.45, 7) is 3.07. The van der Waals surface area contributed by atoms with E-state index < -0.39 is 30.5 Å². The molecule has 0 fully saturated rings. The second kappa shape index (κ2) is 9.41. The molecule has 2 N–H and O–H groups in total. The molecule has 1 atom stereocenters. The molecule has 0 heterocycles. The van der Waals surface area contributed by atoms with Crippen molar-refractivity contribution in [1.29, 1.82) is 0 Å². The van der Waals surface area contributed by atoms with Crippen molar-refractivity contribution in [3.8, 4) is 0 Å². The van der Waals surface area contributed by atoms with Crippen LogP contribution in [0.4, 0.5) is 0 Å². The fourth-order valence-corrected chi connectivity index (χ4v) is 1.12. The van der Waals surface area contributed by atoms with E-state index in [1.807, 2.05) is 6.92 Å². The third-order valence-corrected chi connectivity index (χ3v) is 1.89. The van der Waals surface area contributed by atoms with Gasteiger partial charge >= 0.3 is 11.9 Å². The Kier molecular flexibility index (Phi) is 8.55. The Morgan fingerprint density at radius 3 is 2.39 bits per heavy atom. The molecule has 1 amide bonds. The van der Waals surface area contributed by atoms with Crippen LogP contribution < -0.4 is 5.32 Å². The van der Waals surface area contributed by atoms with Gasteiger partial charge in [-0.05, 0) is 13.3 Å². The van der Waals surface area contributed by atoms with Crippen molar-refractivity contribution < 1.29 is 29.0 Å². The van der Waals surface area contributed by atoms with E-state index in [-0.39, 0.29) is 19.6 Å². The highest BCUT2D eigenvalue weighted by molar-refractivity contribution is 5.88. The zero-order chi connectivity index (χ0) is 14.0. The van der Waals surface area contributed by atoms with Crippen LogP contribution in [0, 0.1) is 0 Å². The molecular formula is C11H19NO6. The van der Waals surface area contributed by atoms with Gasteiger partial charge in [0.2, 0.25) is 5.91 Å². The smallest absolute Gasteiger partial charge is 0.329 e. The van der Waals surface area contributed by atoms with Crippen LogP contribution in [0.5, 0.6) is 0 Å². The molecule has 0 bridgehead atoms. The first-order chi connectivity index (χ1) is 8.54. The number of carbonyl (C=O) groups excluding carboxylic acids is 3. The van der Waals surface area contributed by atoms with E-state index >= 15 is 0 Å². The Labute approximate surface area is 105 Å². The Morgan fingerprint density at radius 1 is 1.22 bits per heavy atom. The molecule has 0 aliphatic rings. The molecule has 0 aliphatic heterocycles. The van der Waals surface area contributed by atoms with Crippen LogP contribution in [-0.2, 0) is 23.9 Å². The van der Waals surface area contributed by atoms with Gasteiger partial charge in [0.05, 0.1) is 19.6 Å². The summed E-state index contributed by atoms with van der Waals surface area (Å²) in [5, 5.41) is 10.8. The van der Waals surface area contributed by atoms with Crippen LogP contribution in [-0.4, -0.2) is 48.8 Å². The van der Waals surface area contributed by atoms with Crippen molar-refractivity contribution in [2.24, 2.45) is 0 Å². The molecular weight excluding hydrogens is 242 g/mol. The van der Waals surface area contributed by atoms with Crippen LogP contribution in [0.3, 0.4) is 0 Å². The summed E-state index contributed by atoms with van der Waals surface area (Å²) in [4.78, 5) is 33.8. The number of aliphatic hydroxyl groups is 1. The zero-order valence-corrected chi connectivity index (χ0v) is 10.6. The highest BCUT2D eigenvalue weighted by Crippen LogP contribution is 1.99. The molecule has 0 aliphatic carbocycles. The summed E-state index contributed by atoms with van der Waals surface area (Å²) in [6.07, 6.45) is 0.351. The van der Waals surface area contributed by atoms with Crippen LogP contribution in [0.1, 0.15) is 26.7 Å². The maximum absolute atomic E-state index is 11.5. The molecule has 7 nitrogen and oxygen atoms in total. The molecule has 1 unspecified atom stereocenters. The van der Waals surface area contributed by atoms with Crippen molar-refractivity contribution >= 4 is 17.8 Å². The fourth-order valence-electron chi connectivity index (χ4n) is 1.12. The lowest BCUT2D eigenvalue weighted by atomic mass is 10.2. The van der Waals surface area contributed by atoms with E-state index in [1.54, 1.807) is 6.92 Å². The molecule has 0 aromatic heterocycles. The molecule has 0 saturated carbocycles. The van der Waals surface area contributed by atoms with Gasteiger partial charge in [-0.2, -0.15) is 0 Å². The van der Waals surface area contributed by atoms with Gasteiger partial charge in [-0.25, -0.2) is 4.79 Å². The van der Waals surface area contributed by atoms with Crippen LogP contribution in [0.15, 0.2) is 0 Å². The molecule has 0 aromatic rings. The first-order valence-corrected chi connectivity index (χ1v) is 5.77. The Balaban J connectivity index is 4.41. The maximum Gasteiger partial charge on any atom is 0.329 e. The topological polar surface area (TPSA) is 102 Å². The number of hydrogen-bond acceptors (Lipinski definition) is 6. The average Bonchev–Trinajstić information content (AvgIpc) is 2.35. The summed E-state index contributed by atoms with van der Waals surface area (Å²) in [5.41, 5.74) is 0. The summed E-state index contributed by atoms with van der Waals surface area (Å²) < 4.78 is 9.52. The number of carbonyl (C=O) groups is 3. The maximum atomic E-state index is 11.5. The van der Waals surface area contributed by atoms with Gasteiger partial charge in [-0.3, -0.25) is 9.59 Å². The van der Waals surface area contributed by atoms with Crippen molar-refractivity contribution in [2.45, 2.75) is 32.7 Å². The van der Waals surface area contributed by atoms with Crippen molar-refractivity contribution in [3.05, 3.63) is 0 Å². The summed E-state index contributed by atoms with van der Waals surface area (Å²) in [5.74, 6) is -2.09. The minimum Gasteiger partial charge on any atom is -0.466 e. The van der Waals surface area contributed by atoms with Crippen LogP contribution >= 0.6 is 0 Å². The quantitative estimate of drug-likeness (QED) is 0.564. The largest absolute Gasteiger partial charge is 0.466 e. The van der Waals surface area contributed by atoms with Gasteiger partial charge in [0.1, 0.15) is 12.6 Å². The van der Waals surface area contributed by atoms with Crippen LogP contribution in [0.25, 0.3) is 0 Å². The van der Waals surface area contributed by atoms with Gasteiger partial charge < -0.3 is 19.9 Å². The van der Waals surface area contributed by atoms with Crippen molar-refractivity contribution in [2.75, 3.05) is 19.8 Å². The highest BCUT2D eigenvalue weighted by Gasteiger charge is 2.25. The minimum atomic E-state index is -1.13. The van der Waals surface area contributed by atoms with E-state index in [2.05, 4.69) is 5.32 Å². The fraction of sp³-hybridized carbons (Fsp3) is 0.727. The third kappa shape index (κ3) is 6.85. The molecule has 0 aromatic carbocycles. The van der Waals surface area contributed by atoms with E-state index in [0.29, 0.717) is 6.42 Å². The number of amides is 1. The molecule has 0 rings (SSSR count). The lowest BCUT2D eigenvalue weighted by Gasteiger charge is -2.15. The van der Waals surface area contributed by atoms with E-state index in [0.717, 1.165) is 0 Å². The number of hydrogen-bond donors (Lipinski definition) is 2. The van der Waals surface area contributed by atoms with Gasteiger partial charge in [-0.1, -0.05) is 6.92 Å². The summed E-state index contributed by atoms with van der Waals surface area (Å²) in [7, 11) is 0. The third-order valence-electron chi connectivity index (χ3n) is 1.89. The van der Waals surface area contributed by atoms with E-state index in [1.165, 1.54) is 0 Å². The molecule has 18 heavy (non-hydrogen) atoms. The second-order valence-electron chi connectivity index (χ2n) is 3.45. The van der Waals surface area contributed by atoms with E-state index in [9.17, 15) is 14.4 Å². The Morgan fingerprint density at radius 2 is 1.89 bits per heavy atom. The van der Waals surface area contributed by atoms with Crippen molar-refractivity contribution in [1.82, 2.24) is 5.32 Å². The monoisotopic (exact) mass is 261 g/mol. The number of nitrogens with one attached hydrogen (secondary N) is 1. The normalized spacial score (nSPS) is 11.5. The number of aliphatic hydroxyl groups excluding tert-OH is 1. The highest BCUT2D eigenvalue weighted by atomic mass is 16.5. The molecule has 104 valence electrons. The number of esters is 2. The summed E-state index contributed by atoms with van der Waals surface area (Å²) in [6, 6.07) is -1.13. The molecule has 7 heteroatoms. The molecule has 0 spiro atoms. The first-order valence-electron chi connectivity index (χ1n) is 5.77. The van der Waals surface area contributed by atoms with Gasteiger partial charge in [0.25, 0.3) is 0 Å². The van der Waals surface area contributed by atoms with Gasteiger partial charge in [-0.15, -0.1) is 0 Å². The lowest BCUT2D eigenvalue weighted by Crippen LogP contribution is -2.44. The Hall–Kier alpha value is -1.63. The van der Waals surface area contributed by atoms with Crippen LogP contribution in [0.2, 0.25) is 0 Å². The minimum absolute atomic E-state index is 0.133. The summed E-state index contributed by atoms with van der Waals surface area (Å²) >= 11 is 0. The van der Waals surface area contributed by atoms with E-state index in [4.69, 9.17) is 14.6 Å². The molecule has 0 saturated heterocycles.